The van der Waals surface area contributed by atoms with Crippen LogP contribution in [0.4, 0.5) is 0 Å². The third-order valence-electron chi connectivity index (χ3n) is 8.08. The molecule has 0 saturated carbocycles. The van der Waals surface area contributed by atoms with Crippen LogP contribution < -0.4 is 10.6 Å². The molecule has 6 heteroatoms. The fourth-order valence-corrected chi connectivity index (χ4v) is 6.33. The summed E-state index contributed by atoms with van der Waals surface area (Å²) in [6.45, 7) is 7.94. The van der Waals surface area contributed by atoms with Gasteiger partial charge in [-0.1, -0.05) is 30.3 Å². The first kappa shape index (κ1) is 22.9. The van der Waals surface area contributed by atoms with E-state index in [4.69, 9.17) is 16.6 Å². The molecule has 4 fully saturated rings. The number of thiocarbonyl (C=S) groups is 1. The van der Waals surface area contributed by atoms with E-state index in [-0.39, 0.29) is 0 Å². The standard InChI is InChI=1S/C27H38N4OS/c33-27(29-18-26-7-4-14-32-26)28-17-25-16-23-10-13-31(25)20-24(23)19-30-11-8-22(9-12-30)15-21-5-2-1-3-6-21/h1-7,14,22-25H,8-13,15-20H2,(H2,28,29,33)/t23-,24-,25+/m0/s1. The molecule has 4 aliphatic rings. The lowest BCUT2D eigenvalue weighted by Crippen LogP contribution is -2.59. The first-order chi connectivity index (χ1) is 16.2. The van der Waals surface area contributed by atoms with Crippen molar-refractivity contribution in [3.8, 4) is 0 Å². The maximum Gasteiger partial charge on any atom is 0.166 e. The summed E-state index contributed by atoms with van der Waals surface area (Å²) in [4.78, 5) is 5.48. The highest BCUT2D eigenvalue weighted by atomic mass is 32.1. The van der Waals surface area contributed by atoms with Gasteiger partial charge in [0.25, 0.3) is 0 Å². The van der Waals surface area contributed by atoms with Crippen LogP contribution in [0, 0.1) is 17.8 Å². The predicted molar refractivity (Wildman–Crippen MR) is 137 cm³/mol. The van der Waals surface area contributed by atoms with Crippen molar-refractivity contribution in [3.63, 3.8) is 0 Å². The Morgan fingerprint density at radius 1 is 1.00 bits per heavy atom. The van der Waals surface area contributed by atoms with Crippen LogP contribution in [-0.4, -0.2) is 60.2 Å². The van der Waals surface area contributed by atoms with E-state index in [2.05, 4.69) is 50.8 Å². The zero-order chi connectivity index (χ0) is 22.5. The number of piperidine rings is 4. The lowest BCUT2D eigenvalue weighted by Gasteiger charge is -2.51. The van der Waals surface area contributed by atoms with Gasteiger partial charge in [0.15, 0.2) is 5.11 Å². The fourth-order valence-electron chi connectivity index (χ4n) is 6.17. The van der Waals surface area contributed by atoms with Gasteiger partial charge in [-0.25, -0.2) is 0 Å². The Morgan fingerprint density at radius 2 is 1.85 bits per heavy atom. The average Bonchev–Trinajstić information content (AvgIpc) is 3.38. The zero-order valence-electron chi connectivity index (χ0n) is 19.6. The summed E-state index contributed by atoms with van der Waals surface area (Å²) >= 11 is 5.47. The second-order valence-corrected chi connectivity index (χ2v) is 10.7. The fraction of sp³-hybridized carbons (Fsp3) is 0.593. The van der Waals surface area contributed by atoms with Crippen LogP contribution in [0.15, 0.2) is 53.1 Å². The molecule has 5 heterocycles. The van der Waals surface area contributed by atoms with E-state index in [1.807, 2.05) is 12.1 Å². The molecule has 5 nitrogen and oxygen atoms in total. The van der Waals surface area contributed by atoms with Crippen LogP contribution in [0.5, 0.6) is 0 Å². The minimum absolute atomic E-state index is 0.611. The van der Waals surface area contributed by atoms with Gasteiger partial charge in [-0.15, -0.1) is 0 Å². The van der Waals surface area contributed by atoms with E-state index in [0.717, 1.165) is 35.2 Å². The number of nitrogens with one attached hydrogen (secondary N) is 2. The van der Waals surface area contributed by atoms with Gasteiger partial charge in [-0.05, 0) is 99.4 Å². The summed E-state index contributed by atoms with van der Waals surface area (Å²) in [6.07, 6.45) is 8.33. The Kier molecular flexibility index (Phi) is 7.64. The highest BCUT2D eigenvalue weighted by Crippen LogP contribution is 2.37. The van der Waals surface area contributed by atoms with Crippen molar-refractivity contribution in [1.29, 1.82) is 0 Å². The summed E-state index contributed by atoms with van der Waals surface area (Å²) in [7, 11) is 0. The molecule has 0 spiro atoms. The second-order valence-electron chi connectivity index (χ2n) is 10.3. The normalized spacial score (nSPS) is 28.0. The predicted octanol–water partition coefficient (Wildman–Crippen LogP) is 3.91. The molecule has 2 aromatic rings. The number of hydrogen-bond donors (Lipinski definition) is 2. The number of nitrogens with zero attached hydrogens (tertiary/aromatic N) is 2. The third-order valence-corrected chi connectivity index (χ3v) is 8.37. The largest absolute Gasteiger partial charge is 0.467 e. The van der Waals surface area contributed by atoms with E-state index in [0.29, 0.717) is 12.6 Å². The molecule has 0 aliphatic carbocycles. The Labute approximate surface area is 203 Å². The van der Waals surface area contributed by atoms with E-state index in [1.54, 1.807) is 6.26 Å². The van der Waals surface area contributed by atoms with Gasteiger partial charge in [0.05, 0.1) is 12.8 Å². The number of rotatable bonds is 8. The summed E-state index contributed by atoms with van der Waals surface area (Å²) in [6, 6.07) is 15.5. The lowest BCUT2D eigenvalue weighted by molar-refractivity contribution is -0.0142. The Bertz CT molecular complexity index is 866. The molecule has 4 atom stereocenters. The van der Waals surface area contributed by atoms with Crippen LogP contribution in [-0.2, 0) is 13.0 Å². The highest BCUT2D eigenvalue weighted by molar-refractivity contribution is 7.80. The van der Waals surface area contributed by atoms with Crippen LogP contribution in [0.2, 0.25) is 0 Å². The quantitative estimate of drug-likeness (QED) is 0.575. The van der Waals surface area contributed by atoms with Gasteiger partial charge in [-0.3, -0.25) is 4.90 Å². The maximum atomic E-state index is 5.47. The zero-order valence-corrected chi connectivity index (χ0v) is 20.4. The van der Waals surface area contributed by atoms with Crippen LogP contribution >= 0.6 is 12.2 Å². The molecule has 1 aromatic carbocycles. The molecule has 2 bridgehead atoms. The molecule has 178 valence electrons. The maximum absolute atomic E-state index is 5.47. The summed E-state index contributed by atoms with van der Waals surface area (Å²) < 4.78 is 5.36. The van der Waals surface area contributed by atoms with Crippen molar-refractivity contribution in [2.45, 2.75) is 44.7 Å². The Morgan fingerprint density at radius 3 is 2.58 bits per heavy atom. The van der Waals surface area contributed by atoms with E-state index in [9.17, 15) is 0 Å². The van der Waals surface area contributed by atoms with E-state index >= 15 is 0 Å². The first-order valence-electron chi connectivity index (χ1n) is 12.8. The van der Waals surface area contributed by atoms with Crippen molar-refractivity contribution in [3.05, 3.63) is 60.1 Å². The van der Waals surface area contributed by atoms with E-state index < -0.39 is 0 Å². The lowest BCUT2D eigenvalue weighted by atomic mass is 9.75. The number of furan rings is 1. The molecular formula is C27H38N4OS. The number of likely N-dealkylation sites (tertiary alicyclic amines) is 1. The van der Waals surface area contributed by atoms with Gasteiger partial charge >= 0.3 is 0 Å². The van der Waals surface area contributed by atoms with Crippen molar-refractivity contribution < 1.29 is 4.42 Å². The number of fused-ring (bicyclic) bond motifs is 3. The molecule has 4 aliphatic heterocycles. The summed E-state index contributed by atoms with van der Waals surface area (Å²) in [5, 5.41) is 7.42. The van der Waals surface area contributed by atoms with Gasteiger partial charge in [0.2, 0.25) is 0 Å². The minimum atomic E-state index is 0.611. The van der Waals surface area contributed by atoms with Crippen LogP contribution in [0.3, 0.4) is 0 Å². The SMILES string of the molecule is S=C(NCc1ccco1)NC[C@H]1C[C@@H]2CCN1C[C@@H]2CN1CCC(Cc2ccccc2)CC1. The number of benzene rings is 1. The van der Waals surface area contributed by atoms with Gasteiger partial charge in [0, 0.05) is 25.7 Å². The second kappa shape index (κ2) is 11.0. The van der Waals surface area contributed by atoms with Gasteiger partial charge in [-0.2, -0.15) is 0 Å². The summed E-state index contributed by atoms with van der Waals surface area (Å²) in [5.41, 5.74) is 1.50. The summed E-state index contributed by atoms with van der Waals surface area (Å²) in [5.74, 6) is 3.47. The Balaban J connectivity index is 1.02. The van der Waals surface area contributed by atoms with Crippen molar-refractivity contribution in [2.24, 2.45) is 17.8 Å². The first-order valence-corrected chi connectivity index (χ1v) is 13.2. The number of hydrogen-bond acceptors (Lipinski definition) is 4. The minimum Gasteiger partial charge on any atom is -0.467 e. The topological polar surface area (TPSA) is 43.7 Å². The molecule has 0 amide bonds. The Hall–Kier alpha value is -1.89. The monoisotopic (exact) mass is 466 g/mol. The van der Waals surface area contributed by atoms with Gasteiger partial charge in [0.1, 0.15) is 5.76 Å². The van der Waals surface area contributed by atoms with Crippen LogP contribution in [0.1, 0.15) is 37.0 Å². The molecule has 4 saturated heterocycles. The van der Waals surface area contributed by atoms with E-state index in [1.165, 1.54) is 70.4 Å². The van der Waals surface area contributed by atoms with Crippen LogP contribution in [0.25, 0.3) is 0 Å². The van der Waals surface area contributed by atoms with Crippen molar-refractivity contribution >= 4 is 17.3 Å². The molecule has 2 N–H and O–H groups in total. The van der Waals surface area contributed by atoms with Crippen molar-refractivity contribution in [1.82, 2.24) is 20.4 Å². The van der Waals surface area contributed by atoms with Gasteiger partial charge < -0.3 is 20.0 Å². The molecular weight excluding hydrogens is 428 g/mol. The smallest absolute Gasteiger partial charge is 0.166 e. The molecule has 1 aromatic heterocycles. The average molecular weight is 467 g/mol. The molecule has 6 rings (SSSR count). The van der Waals surface area contributed by atoms with Crippen molar-refractivity contribution in [2.75, 3.05) is 39.3 Å². The molecule has 0 radical (unpaired) electrons. The third kappa shape index (κ3) is 6.17. The molecule has 33 heavy (non-hydrogen) atoms. The molecule has 1 unspecified atom stereocenters. The highest BCUT2D eigenvalue weighted by Gasteiger charge is 2.40.